The van der Waals surface area contributed by atoms with E-state index in [2.05, 4.69) is 9.97 Å². The zero-order valence-corrected chi connectivity index (χ0v) is 12.8. The van der Waals surface area contributed by atoms with Gasteiger partial charge in [-0.1, -0.05) is 0 Å². The fourth-order valence-corrected chi connectivity index (χ4v) is 3.08. The highest BCUT2D eigenvalue weighted by atomic mass is 35.5. The molecule has 2 heterocycles. The van der Waals surface area contributed by atoms with E-state index in [1.807, 2.05) is 0 Å². The highest BCUT2D eigenvalue weighted by Gasteiger charge is 2.27. The maximum atomic E-state index is 12.3. The second kappa shape index (κ2) is 5.63. The Morgan fingerprint density at radius 3 is 2.35 bits per heavy atom. The molecular weight excluding hydrogens is 304 g/mol. The lowest BCUT2D eigenvalue weighted by molar-refractivity contribution is 0.0692. The number of rotatable bonds is 2. The van der Waals surface area contributed by atoms with Crippen molar-refractivity contribution in [3.05, 3.63) is 22.7 Å². The molecule has 1 aromatic rings. The van der Waals surface area contributed by atoms with Gasteiger partial charge in [-0.05, 0) is 24.6 Å². The molecule has 0 aliphatic carbocycles. The fraction of sp³-hybridized carbons (Fsp3) is 0.545. The van der Waals surface area contributed by atoms with Crippen molar-refractivity contribution in [2.45, 2.75) is 6.92 Å². The first-order chi connectivity index (χ1) is 9.27. The van der Waals surface area contributed by atoms with Crippen LogP contribution in [0.2, 0.25) is 5.28 Å². The van der Waals surface area contributed by atoms with Gasteiger partial charge in [-0.3, -0.25) is 4.79 Å². The fourth-order valence-electron chi connectivity index (χ4n) is 2.03. The van der Waals surface area contributed by atoms with Crippen LogP contribution < -0.4 is 0 Å². The molecule has 1 aliphatic rings. The topological polar surface area (TPSA) is 83.5 Å². The molecule has 110 valence electrons. The van der Waals surface area contributed by atoms with Gasteiger partial charge in [0.05, 0.1) is 6.26 Å². The minimum absolute atomic E-state index is 0.0307. The molecule has 0 N–H and O–H groups in total. The number of nitrogens with zero attached hydrogens (tertiary/aromatic N) is 4. The molecule has 7 nitrogen and oxygen atoms in total. The second-order valence-corrected chi connectivity index (χ2v) is 6.94. The number of halogens is 1. The van der Waals surface area contributed by atoms with Crippen LogP contribution in [0.4, 0.5) is 0 Å². The van der Waals surface area contributed by atoms with Crippen molar-refractivity contribution < 1.29 is 13.2 Å². The Labute approximate surface area is 122 Å². The molecule has 0 spiro atoms. The van der Waals surface area contributed by atoms with Crippen LogP contribution in [0.25, 0.3) is 0 Å². The van der Waals surface area contributed by atoms with E-state index in [1.54, 1.807) is 17.9 Å². The Bertz CT molecular complexity index is 606. The first kappa shape index (κ1) is 15.1. The van der Waals surface area contributed by atoms with E-state index in [0.29, 0.717) is 31.9 Å². The number of piperazine rings is 1. The van der Waals surface area contributed by atoms with Crippen LogP contribution in [0.3, 0.4) is 0 Å². The molecule has 2 rings (SSSR count). The molecule has 0 unspecified atom stereocenters. The van der Waals surface area contributed by atoms with Crippen LogP contribution >= 0.6 is 11.6 Å². The first-order valence-corrected chi connectivity index (χ1v) is 8.25. The Kier molecular flexibility index (Phi) is 4.26. The van der Waals surface area contributed by atoms with Crippen LogP contribution in [0, 0.1) is 6.92 Å². The Morgan fingerprint density at radius 2 is 1.85 bits per heavy atom. The van der Waals surface area contributed by atoms with Crippen molar-refractivity contribution in [1.29, 1.82) is 0 Å². The predicted molar refractivity (Wildman–Crippen MR) is 74.1 cm³/mol. The molecule has 0 radical (unpaired) electrons. The number of aromatic nitrogens is 2. The summed E-state index contributed by atoms with van der Waals surface area (Å²) in [6.45, 7) is 3.00. The summed E-state index contributed by atoms with van der Waals surface area (Å²) in [7, 11) is -3.20. The molecule has 9 heteroatoms. The van der Waals surface area contributed by atoms with Crippen LogP contribution in [-0.2, 0) is 10.0 Å². The van der Waals surface area contributed by atoms with E-state index in [9.17, 15) is 13.2 Å². The van der Waals surface area contributed by atoms with E-state index in [1.165, 1.54) is 4.31 Å². The highest BCUT2D eigenvalue weighted by Crippen LogP contribution is 2.12. The minimum atomic E-state index is -3.20. The average Bonchev–Trinajstić information content (AvgIpc) is 2.36. The number of aryl methyl sites for hydroxylation is 1. The molecule has 0 aromatic carbocycles. The summed E-state index contributed by atoms with van der Waals surface area (Å²) in [5.41, 5.74) is 0.846. The predicted octanol–water partition coefficient (Wildman–Crippen LogP) is 0.156. The monoisotopic (exact) mass is 318 g/mol. The van der Waals surface area contributed by atoms with Crippen LogP contribution in [0.15, 0.2) is 6.07 Å². The number of sulfonamides is 1. The van der Waals surface area contributed by atoms with Gasteiger partial charge in [-0.15, -0.1) is 0 Å². The molecule has 0 atom stereocenters. The third-order valence-corrected chi connectivity index (χ3v) is 4.51. The van der Waals surface area contributed by atoms with Gasteiger partial charge in [0.25, 0.3) is 5.91 Å². The smallest absolute Gasteiger partial charge is 0.272 e. The molecular formula is C11H15ClN4O3S. The zero-order valence-electron chi connectivity index (χ0n) is 11.2. The van der Waals surface area contributed by atoms with E-state index in [-0.39, 0.29) is 16.9 Å². The molecule has 1 aliphatic heterocycles. The van der Waals surface area contributed by atoms with Gasteiger partial charge in [-0.25, -0.2) is 18.4 Å². The molecule has 0 bridgehead atoms. The van der Waals surface area contributed by atoms with E-state index >= 15 is 0 Å². The molecule has 1 aromatic heterocycles. The van der Waals surface area contributed by atoms with Crippen molar-refractivity contribution >= 4 is 27.5 Å². The van der Waals surface area contributed by atoms with E-state index < -0.39 is 10.0 Å². The maximum absolute atomic E-state index is 12.3. The summed E-state index contributed by atoms with van der Waals surface area (Å²) in [6.07, 6.45) is 1.16. The third kappa shape index (κ3) is 3.44. The zero-order chi connectivity index (χ0) is 14.9. The van der Waals surface area contributed by atoms with Crippen molar-refractivity contribution in [3.63, 3.8) is 0 Å². The summed E-state index contributed by atoms with van der Waals surface area (Å²) in [4.78, 5) is 21.6. The number of carbonyl (C=O) groups excluding carboxylic acids is 1. The Morgan fingerprint density at radius 1 is 1.25 bits per heavy atom. The lowest BCUT2D eigenvalue weighted by Gasteiger charge is -2.33. The summed E-state index contributed by atoms with van der Waals surface area (Å²) in [5, 5.41) is 0.0307. The third-order valence-electron chi connectivity index (χ3n) is 3.04. The summed E-state index contributed by atoms with van der Waals surface area (Å²) < 4.78 is 24.2. The Balaban J connectivity index is 2.09. The van der Waals surface area contributed by atoms with Gasteiger partial charge in [0.2, 0.25) is 15.3 Å². The molecule has 1 saturated heterocycles. The highest BCUT2D eigenvalue weighted by molar-refractivity contribution is 7.88. The van der Waals surface area contributed by atoms with Crippen LogP contribution in [0.5, 0.6) is 0 Å². The first-order valence-electron chi connectivity index (χ1n) is 6.03. The number of carbonyl (C=O) groups is 1. The van der Waals surface area contributed by atoms with Crippen molar-refractivity contribution in [2.24, 2.45) is 0 Å². The van der Waals surface area contributed by atoms with E-state index in [4.69, 9.17) is 11.6 Å². The maximum Gasteiger partial charge on any atom is 0.272 e. The van der Waals surface area contributed by atoms with Crippen LogP contribution in [0.1, 0.15) is 16.2 Å². The van der Waals surface area contributed by atoms with Crippen molar-refractivity contribution in [3.8, 4) is 0 Å². The van der Waals surface area contributed by atoms with Gasteiger partial charge >= 0.3 is 0 Å². The summed E-state index contributed by atoms with van der Waals surface area (Å²) in [5.74, 6) is -0.259. The standard InChI is InChI=1S/C11H15ClN4O3S/c1-8-7-9(14-11(12)13-8)10(17)15-3-5-16(6-4-15)20(2,18)19/h7H,3-6H2,1-2H3. The lowest BCUT2D eigenvalue weighted by atomic mass is 10.2. The largest absolute Gasteiger partial charge is 0.335 e. The normalized spacial score (nSPS) is 17.2. The second-order valence-electron chi connectivity index (χ2n) is 4.62. The summed E-state index contributed by atoms with van der Waals surface area (Å²) in [6, 6.07) is 1.57. The van der Waals surface area contributed by atoms with Gasteiger partial charge in [0.15, 0.2) is 0 Å². The van der Waals surface area contributed by atoms with Crippen molar-refractivity contribution in [1.82, 2.24) is 19.2 Å². The lowest BCUT2D eigenvalue weighted by Crippen LogP contribution is -2.50. The van der Waals surface area contributed by atoms with Crippen LogP contribution in [-0.4, -0.2) is 65.9 Å². The molecule has 0 saturated carbocycles. The summed E-state index contributed by atoms with van der Waals surface area (Å²) >= 11 is 5.74. The number of hydrogen-bond donors (Lipinski definition) is 0. The van der Waals surface area contributed by atoms with Crippen molar-refractivity contribution in [2.75, 3.05) is 32.4 Å². The van der Waals surface area contributed by atoms with Gasteiger partial charge in [0, 0.05) is 31.9 Å². The number of amides is 1. The van der Waals surface area contributed by atoms with Gasteiger partial charge < -0.3 is 4.90 Å². The molecule has 20 heavy (non-hydrogen) atoms. The quantitative estimate of drug-likeness (QED) is 0.725. The SMILES string of the molecule is Cc1cc(C(=O)N2CCN(S(C)(=O)=O)CC2)nc(Cl)n1. The van der Waals surface area contributed by atoms with Gasteiger partial charge in [-0.2, -0.15) is 4.31 Å². The average molecular weight is 319 g/mol. The minimum Gasteiger partial charge on any atom is -0.335 e. The Hall–Kier alpha value is -1.25. The number of hydrogen-bond acceptors (Lipinski definition) is 5. The molecule has 1 amide bonds. The van der Waals surface area contributed by atoms with Gasteiger partial charge in [0.1, 0.15) is 5.69 Å². The van der Waals surface area contributed by atoms with E-state index in [0.717, 1.165) is 6.26 Å². The molecule has 1 fully saturated rings.